The van der Waals surface area contributed by atoms with E-state index in [9.17, 15) is 9.18 Å². The Kier molecular flexibility index (Phi) is 4.20. The fourth-order valence-electron chi connectivity index (χ4n) is 1.92. The van der Waals surface area contributed by atoms with E-state index >= 15 is 0 Å². The molecule has 2 aromatic carbocycles. The Morgan fingerprint density at radius 2 is 1.77 bits per heavy atom. The molecule has 0 aliphatic carbocycles. The molecule has 0 saturated carbocycles. The second kappa shape index (κ2) is 6.44. The minimum absolute atomic E-state index is 0.167. The minimum Gasteiger partial charge on any atom is -0.300 e. The van der Waals surface area contributed by atoms with Gasteiger partial charge in [0.25, 0.3) is 0 Å². The van der Waals surface area contributed by atoms with Crippen LogP contribution in [0.2, 0.25) is 0 Å². The number of hydrogen-bond acceptors (Lipinski definition) is 4. The Bertz CT molecular complexity index is 772. The number of carbonyl (C=O) groups is 1. The quantitative estimate of drug-likeness (QED) is 0.801. The smallest absolute Gasteiger partial charge is 0.230 e. The largest absolute Gasteiger partial charge is 0.300 e. The van der Waals surface area contributed by atoms with E-state index in [2.05, 4.69) is 15.5 Å². The van der Waals surface area contributed by atoms with Crippen LogP contribution in [0.5, 0.6) is 0 Å². The number of nitrogens with zero attached hydrogens (tertiary/aromatic N) is 2. The number of carbonyl (C=O) groups excluding carboxylic acids is 1. The molecule has 6 heteroatoms. The van der Waals surface area contributed by atoms with E-state index < -0.39 is 0 Å². The van der Waals surface area contributed by atoms with E-state index in [0.29, 0.717) is 5.13 Å². The summed E-state index contributed by atoms with van der Waals surface area (Å²) in [6, 6.07) is 15.5. The lowest BCUT2D eigenvalue weighted by Gasteiger charge is -2.01. The Hall–Kier alpha value is -2.60. The standard InChI is InChI=1S/C16H12FN3OS/c17-13-8-6-11(7-9-13)10-14(21)18-16-20-19-15(22-16)12-4-2-1-3-5-12/h1-9H,10H2,(H,18,20,21). The Labute approximate surface area is 130 Å². The second-order valence-electron chi connectivity index (χ2n) is 4.63. The van der Waals surface area contributed by atoms with E-state index in [1.165, 1.54) is 23.5 Å². The summed E-state index contributed by atoms with van der Waals surface area (Å²) in [6.45, 7) is 0. The van der Waals surface area contributed by atoms with Crippen molar-refractivity contribution in [2.75, 3.05) is 5.32 Å². The fraction of sp³-hybridized carbons (Fsp3) is 0.0625. The van der Waals surface area contributed by atoms with Crippen molar-refractivity contribution in [2.24, 2.45) is 0 Å². The van der Waals surface area contributed by atoms with Gasteiger partial charge in [0.15, 0.2) is 0 Å². The summed E-state index contributed by atoms with van der Waals surface area (Å²) in [7, 11) is 0. The molecule has 3 aromatic rings. The zero-order valence-corrected chi connectivity index (χ0v) is 12.3. The third-order valence-corrected chi connectivity index (χ3v) is 3.86. The molecule has 0 radical (unpaired) electrons. The summed E-state index contributed by atoms with van der Waals surface area (Å²) in [5, 5.41) is 11.9. The van der Waals surface area contributed by atoms with Crippen LogP contribution < -0.4 is 5.32 Å². The van der Waals surface area contributed by atoms with Crippen LogP contribution in [0.3, 0.4) is 0 Å². The van der Waals surface area contributed by atoms with E-state index in [1.807, 2.05) is 30.3 Å². The van der Waals surface area contributed by atoms with Crippen LogP contribution in [-0.4, -0.2) is 16.1 Å². The first kappa shape index (κ1) is 14.3. The third kappa shape index (κ3) is 3.53. The number of rotatable bonds is 4. The van der Waals surface area contributed by atoms with Gasteiger partial charge in [-0.2, -0.15) is 0 Å². The van der Waals surface area contributed by atoms with Crippen LogP contribution >= 0.6 is 11.3 Å². The third-order valence-electron chi connectivity index (χ3n) is 2.97. The van der Waals surface area contributed by atoms with Crippen molar-refractivity contribution in [2.45, 2.75) is 6.42 Å². The Morgan fingerprint density at radius 3 is 2.50 bits per heavy atom. The molecule has 1 heterocycles. The zero-order valence-electron chi connectivity index (χ0n) is 11.5. The molecule has 0 fully saturated rings. The van der Waals surface area contributed by atoms with Crippen LogP contribution in [-0.2, 0) is 11.2 Å². The highest BCUT2D eigenvalue weighted by atomic mass is 32.1. The lowest BCUT2D eigenvalue weighted by molar-refractivity contribution is -0.115. The number of benzene rings is 2. The summed E-state index contributed by atoms with van der Waals surface area (Å²) >= 11 is 1.31. The predicted molar refractivity (Wildman–Crippen MR) is 84.1 cm³/mol. The second-order valence-corrected chi connectivity index (χ2v) is 5.61. The number of aromatic nitrogens is 2. The molecule has 0 spiro atoms. The molecule has 110 valence electrons. The van der Waals surface area contributed by atoms with Gasteiger partial charge in [-0.1, -0.05) is 53.8 Å². The van der Waals surface area contributed by atoms with E-state index in [4.69, 9.17) is 0 Å². The minimum atomic E-state index is -0.319. The van der Waals surface area contributed by atoms with Crippen LogP contribution in [0, 0.1) is 5.82 Å². The highest BCUT2D eigenvalue weighted by molar-refractivity contribution is 7.18. The molecular formula is C16H12FN3OS. The monoisotopic (exact) mass is 313 g/mol. The molecule has 1 N–H and O–H groups in total. The molecule has 22 heavy (non-hydrogen) atoms. The fourth-order valence-corrected chi connectivity index (χ4v) is 2.69. The van der Waals surface area contributed by atoms with Crippen molar-refractivity contribution in [3.05, 3.63) is 66.0 Å². The molecule has 0 atom stereocenters. The average molecular weight is 313 g/mol. The predicted octanol–water partition coefficient (Wildman–Crippen LogP) is 3.53. The van der Waals surface area contributed by atoms with Crippen molar-refractivity contribution in [3.8, 4) is 10.6 Å². The molecule has 1 amide bonds. The van der Waals surface area contributed by atoms with E-state index in [0.717, 1.165) is 16.1 Å². The van der Waals surface area contributed by atoms with Gasteiger partial charge >= 0.3 is 0 Å². The molecule has 0 saturated heterocycles. The SMILES string of the molecule is O=C(Cc1ccc(F)cc1)Nc1nnc(-c2ccccc2)s1. The van der Waals surface area contributed by atoms with Crippen molar-refractivity contribution in [1.82, 2.24) is 10.2 Å². The maximum atomic E-state index is 12.8. The lowest BCUT2D eigenvalue weighted by Crippen LogP contribution is -2.14. The summed E-state index contributed by atoms with van der Waals surface area (Å²) in [6.07, 6.45) is 0.167. The molecule has 1 aromatic heterocycles. The van der Waals surface area contributed by atoms with Crippen LogP contribution in [0.1, 0.15) is 5.56 Å². The number of anilines is 1. The summed E-state index contributed by atoms with van der Waals surface area (Å²) in [5.41, 5.74) is 1.70. The molecule has 0 aliphatic heterocycles. The first-order valence-electron chi connectivity index (χ1n) is 6.64. The zero-order chi connectivity index (χ0) is 15.4. The molecule has 0 unspecified atom stereocenters. The Balaban J connectivity index is 1.65. The van der Waals surface area contributed by atoms with E-state index in [1.54, 1.807) is 12.1 Å². The van der Waals surface area contributed by atoms with E-state index in [-0.39, 0.29) is 18.1 Å². The summed E-state index contributed by atoms with van der Waals surface area (Å²) in [4.78, 5) is 11.9. The van der Waals surface area contributed by atoms with Gasteiger partial charge in [-0.05, 0) is 17.7 Å². The normalized spacial score (nSPS) is 10.4. The van der Waals surface area contributed by atoms with Gasteiger partial charge in [0, 0.05) is 5.56 Å². The topological polar surface area (TPSA) is 54.9 Å². The lowest BCUT2D eigenvalue weighted by atomic mass is 10.1. The maximum Gasteiger partial charge on any atom is 0.230 e. The van der Waals surface area contributed by atoms with Gasteiger partial charge in [-0.3, -0.25) is 4.79 Å². The highest BCUT2D eigenvalue weighted by Gasteiger charge is 2.10. The molecular weight excluding hydrogens is 301 g/mol. The van der Waals surface area contributed by atoms with Gasteiger partial charge < -0.3 is 5.32 Å². The number of halogens is 1. The van der Waals surface area contributed by atoms with Gasteiger partial charge in [0.05, 0.1) is 6.42 Å². The summed E-state index contributed by atoms with van der Waals surface area (Å²) in [5.74, 6) is -0.525. The number of nitrogens with one attached hydrogen (secondary N) is 1. The van der Waals surface area contributed by atoms with Crippen LogP contribution in [0.4, 0.5) is 9.52 Å². The van der Waals surface area contributed by atoms with Gasteiger partial charge in [-0.15, -0.1) is 10.2 Å². The van der Waals surface area contributed by atoms with Crippen molar-refractivity contribution in [1.29, 1.82) is 0 Å². The van der Waals surface area contributed by atoms with Crippen molar-refractivity contribution in [3.63, 3.8) is 0 Å². The van der Waals surface area contributed by atoms with Crippen LogP contribution in [0.15, 0.2) is 54.6 Å². The highest BCUT2D eigenvalue weighted by Crippen LogP contribution is 2.25. The average Bonchev–Trinajstić information content (AvgIpc) is 2.99. The maximum absolute atomic E-state index is 12.8. The molecule has 0 bridgehead atoms. The summed E-state index contributed by atoms with van der Waals surface area (Å²) < 4.78 is 12.8. The molecule has 3 rings (SSSR count). The van der Waals surface area contributed by atoms with Crippen LogP contribution in [0.25, 0.3) is 10.6 Å². The van der Waals surface area contributed by atoms with Gasteiger partial charge in [0.2, 0.25) is 11.0 Å². The molecule has 0 aliphatic rings. The Morgan fingerprint density at radius 1 is 1.05 bits per heavy atom. The number of amides is 1. The first-order valence-corrected chi connectivity index (χ1v) is 7.45. The first-order chi connectivity index (χ1) is 10.7. The van der Waals surface area contributed by atoms with Crippen molar-refractivity contribution < 1.29 is 9.18 Å². The number of hydrogen-bond donors (Lipinski definition) is 1. The van der Waals surface area contributed by atoms with Gasteiger partial charge in [-0.25, -0.2) is 4.39 Å². The van der Waals surface area contributed by atoms with Crippen molar-refractivity contribution >= 4 is 22.4 Å². The van der Waals surface area contributed by atoms with Gasteiger partial charge in [0.1, 0.15) is 10.8 Å². The molecule has 4 nitrogen and oxygen atoms in total.